The molecule has 0 saturated carbocycles. The van der Waals surface area contributed by atoms with Crippen molar-refractivity contribution >= 4 is 5.91 Å². The summed E-state index contributed by atoms with van der Waals surface area (Å²) in [6.07, 6.45) is 47.1. The third kappa shape index (κ3) is 43.9. The second-order valence-electron chi connectivity index (χ2n) is 15.7. The molecule has 0 aliphatic rings. The van der Waals surface area contributed by atoms with Gasteiger partial charge in [-0.15, -0.1) is 0 Å². The fraction of sp³-hybridized carbons (Fsp3) is 0.729. The molecule has 0 aliphatic heterocycles. The predicted octanol–water partition coefficient (Wildman–Crippen LogP) is 16.3. The van der Waals surface area contributed by atoms with Crippen molar-refractivity contribution in [2.75, 3.05) is 0 Å². The summed E-state index contributed by atoms with van der Waals surface area (Å²) >= 11 is 0. The Morgan fingerprint density at radius 2 is 0.620 bits per heavy atom. The van der Waals surface area contributed by atoms with Gasteiger partial charge in [-0.1, -0.05) is 167 Å². The fourth-order valence-corrected chi connectivity index (χ4v) is 6.01. The van der Waals surface area contributed by atoms with Crippen LogP contribution >= 0.6 is 0 Å². The molecule has 0 saturated heterocycles. The molecule has 0 radical (unpaired) electrons. The molecule has 0 atom stereocenters. The highest BCUT2D eigenvalue weighted by molar-refractivity contribution is 5.73. The number of hydrogen-bond acceptors (Lipinski definition) is 1. The summed E-state index contributed by atoms with van der Waals surface area (Å²) in [4.78, 5) is 10.6. The summed E-state index contributed by atoms with van der Waals surface area (Å²) < 4.78 is 0. The Kier molecular flexibility index (Phi) is 38.2. The van der Waals surface area contributed by atoms with Gasteiger partial charge in [0.2, 0.25) is 5.91 Å². The van der Waals surface area contributed by atoms with Crippen LogP contribution in [-0.4, -0.2) is 5.91 Å². The molecule has 0 aromatic carbocycles. The van der Waals surface area contributed by atoms with Gasteiger partial charge in [0.1, 0.15) is 0 Å². The zero-order chi connectivity index (χ0) is 37.7. The zero-order valence-corrected chi connectivity index (χ0v) is 35.3. The van der Waals surface area contributed by atoms with Crippen LogP contribution in [0.2, 0.25) is 0 Å². The van der Waals surface area contributed by atoms with Crippen LogP contribution in [0.5, 0.6) is 0 Å². The quantitative estimate of drug-likeness (QED) is 0.0570. The molecular formula is C48H87NO. The van der Waals surface area contributed by atoms with Crippen LogP contribution in [0.15, 0.2) is 69.9 Å². The normalized spacial score (nSPS) is 12.4. The first kappa shape index (κ1) is 50.0. The highest BCUT2D eigenvalue weighted by atomic mass is 16.1. The molecule has 0 heterocycles. The number of rotatable bonds is 31. The minimum atomic E-state index is -0.153. The molecule has 0 aromatic heterocycles. The monoisotopic (exact) mass is 694 g/mol. The van der Waals surface area contributed by atoms with Crippen LogP contribution in [0, 0.1) is 0 Å². The maximum atomic E-state index is 10.6. The van der Waals surface area contributed by atoms with E-state index < -0.39 is 0 Å². The zero-order valence-electron chi connectivity index (χ0n) is 35.3. The number of amides is 1. The van der Waals surface area contributed by atoms with Crippen LogP contribution in [0.25, 0.3) is 0 Å². The summed E-state index contributed by atoms with van der Waals surface area (Å²) in [7, 11) is 0. The Labute approximate surface area is 314 Å². The van der Waals surface area contributed by atoms with Gasteiger partial charge in [0.05, 0.1) is 0 Å². The number of nitrogens with two attached hydrogens (primary N) is 1. The molecule has 0 unspecified atom stereocenters. The number of carbonyl (C=O) groups excluding carboxylic acids is 1. The molecule has 2 heteroatoms. The molecule has 2 nitrogen and oxygen atoms in total. The van der Waals surface area contributed by atoms with E-state index >= 15 is 0 Å². The highest BCUT2D eigenvalue weighted by Crippen LogP contribution is 2.16. The third-order valence-corrected chi connectivity index (χ3v) is 9.42. The summed E-state index contributed by atoms with van der Waals surface area (Å²) in [5.74, 6) is -0.153. The number of carbonyl (C=O) groups is 1. The molecule has 0 bridgehead atoms. The van der Waals surface area contributed by atoms with E-state index in [1.54, 1.807) is 0 Å². The van der Waals surface area contributed by atoms with Gasteiger partial charge in [0.15, 0.2) is 0 Å². The van der Waals surface area contributed by atoms with Gasteiger partial charge in [-0.3, -0.25) is 4.79 Å². The number of unbranched alkanes of at least 4 members (excludes halogenated alkanes) is 15. The smallest absolute Gasteiger partial charge is 0.217 e. The van der Waals surface area contributed by atoms with Gasteiger partial charge in [-0.2, -0.15) is 0 Å². The SMILES string of the molecule is CC(C)=CCC/C(C)=C\CC/C(C)=C/CC/C=C(\C)CC/C=C(\C)CCC=C(C)C.CCCCCCCCCCCCCCCCCC(N)=O. The van der Waals surface area contributed by atoms with Gasteiger partial charge in [-0.05, 0) is 126 Å². The van der Waals surface area contributed by atoms with E-state index in [0.29, 0.717) is 6.42 Å². The molecule has 0 aromatic rings. The van der Waals surface area contributed by atoms with Crippen LogP contribution in [0.1, 0.15) is 229 Å². The van der Waals surface area contributed by atoms with E-state index in [-0.39, 0.29) is 5.91 Å². The third-order valence-electron chi connectivity index (χ3n) is 9.42. The fourth-order valence-electron chi connectivity index (χ4n) is 6.01. The van der Waals surface area contributed by atoms with Crippen LogP contribution in [-0.2, 0) is 4.79 Å². The van der Waals surface area contributed by atoms with Gasteiger partial charge < -0.3 is 5.73 Å². The summed E-state index contributed by atoms with van der Waals surface area (Å²) in [5, 5.41) is 0. The largest absolute Gasteiger partial charge is 0.370 e. The summed E-state index contributed by atoms with van der Waals surface area (Å²) in [5.41, 5.74) is 14.1. The first-order valence-electron chi connectivity index (χ1n) is 21.1. The van der Waals surface area contributed by atoms with Crippen molar-refractivity contribution in [1.29, 1.82) is 0 Å². The van der Waals surface area contributed by atoms with Crippen molar-refractivity contribution in [3.8, 4) is 0 Å². The molecular weight excluding hydrogens is 607 g/mol. The molecule has 290 valence electrons. The van der Waals surface area contributed by atoms with Gasteiger partial charge in [0.25, 0.3) is 0 Å². The summed E-state index contributed by atoms with van der Waals surface area (Å²) in [6, 6.07) is 0. The molecule has 2 N–H and O–H groups in total. The van der Waals surface area contributed by atoms with E-state index in [0.717, 1.165) is 6.42 Å². The average Bonchev–Trinajstić information content (AvgIpc) is 3.04. The van der Waals surface area contributed by atoms with E-state index in [1.165, 1.54) is 188 Å². The van der Waals surface area contributed by atoms with Gasteiger partial charge >= 0.3 is 0 Å². The Hall–Kier alpha value is -2.09. The summed E-state index contributed by atoms with van der Waals surface area (Å²) in [6.45, 7) is 20.1. The second-order valence-corrected chi connectivity index (χ2v) is 15.7. The standard InChI is InChI=1S/C30H50.C18H37NO/c1-25(2)15-11-19-29(7)23-13-21-27(5)17-9-10-18-28(6)22-14-24-30(8)20-12-16-26(3)4;1-2-3-4-5-6-7-8-9-10-11-12-13-14-15-16-17-18(19)20/h15-18,23-24H,9-14,19-22H2,1-8H3;2-17H2,1H3,(H2,19,20)/b27-17+,28-18+,29-23-,30-24+;. The predicted molar refractivity (Wildman–Crippen MR) is 229 cm³/mol. The van der Waals surface area contributed by atoms with Gasteiger partial charge in [-0.25, -0.2) is 0 Å². The lowest BCUT2D eigenvalue weighted by molar-refractivity contribution is -0.118. The lowest BCUT2D eigenvalue weighted by atomic mass is 10.0. The molecule has 0 fully saturated rings. The first-order chi connectivity index (χ1) is 24.0. The number of hydrogen-bond donors (Lipinski definition) is 1. The van der Waals surface area contributed by atoms with Crippen molar-refractivity contribution in [2.24, 2.45) is 5.73 Å². The van der Waals surface area contributed by atoms with Crippen molar-refractivity contribution in [1.82, 2.24) is 0 Å². The Morgan fingerprint density at radius 1 is 0.360 bits per heavy atom. The number of allylic oxidation sites excluding steroid dienone is 12. The van der Waals surface area contributed by atoms with Crippen LogP contribution in [0.4, 0.5) is 0 Å². The minimum absolute atomic E-state index is 0.153. The molecule has 50 heavy (non-hydrogen) atoms. The van der Waals surface area contributed by atoms with E-state index in [2.05, 4.69) is 98.8 Å². The lowest BCUT2D eigenvalue weighted by Gasteiger charge is -2.03. The Bertz CT molecular complexity index is 920. The number of primary amides is 1. The molecule has 0 rings (SSSR count). The Balaban J connectivity index is 0. The van der Waals surface area contributed by atoms with Crippen LogP contribution < -0.4 is 5.73 Å². The highest BCUT2D eigenvalue weighted by Gasteiger charge is 1.97. The molecule has 1 amide bonds. The van der Waals surface area contributed by atoms with E-state index in [1.807, 2.05) is 0 Å². The van der Waals surface area contributed by atoms with Crippen molar-refractivity contribution in [3.63, 3.8) is 0 Å². The van der Waals surface area contributed by atoms with Crippen molar-refractivity contribution in [3.05, 3.63) is 69.9 Å². The maximum absolute atomic E-state index is 10.6. The second kappa shape index (κ2) is 38.1. The van der Waals surface area contributed by atoms with Gasteiger partial charge in [0, 0.05) is 6.42 Å². The minimum Gasteiger partial charge on any atom is -0.370 e. The first-order valence-corrected chi connectivity index (χ1v) is 21.1. The lowest BCUT2D eigenvalue weighted by Crippen LogP contribution is -2.09. The maximum Gasteiger partial charge on any atom is 0.217 e. The van der Waals surface area contributed by atoms with E-state index in [4.69, 9.17) is 5.73 Å². The molecule has 0 aliphatic carbocycles. The van der Waals surface area contributed by atoms with Crippen LogP contribution in [0.3, 0.4) is 0 Å². The van der Waals surface area contributed by atoms with E-state index in [9.17, 15) is 4.79 Å². The average molecular weight is 694 g/mol. The molecule has 0 spiro atoms. The van der Waals surface area contributed by atoms with Crippen molar-refractivity contribution < 1.29 is 4.79 Å². The topological polar surface area (TPSA) is 43.1 Å². The van der Waals surface area contributed by atoms with Crippen molar-refractivity contribution in [2.45, 2.75) is 229 Å². The Morgan fingerprint density at radius 3 is 0.900 bits per heavy atom.